The Morgan fingerprint density at radius 3 is 2.62 bits per heavy atom. The van der Waals surface area contributed by atoms with Crippen molar-refractivity contribution in [2.24, 2.45) is 0 Å². The van der Waals surface area contributed by atoms with Crippen molar-refractivity contribution in [3.05, 3.63) is 17.0 Å². The van der Waals surface area contributed by atoms with E-state index in [1.807, 2.05) is 6.92 Å². The van der Waals surface area contributed by atoms with Crippen molar-refractivity contribution in [3.8, 4) is 0 Å². The molecule has 1 saturated heterocycles. The summed E-state index contributed by atoms with van der Waals surface area (Å²) in [6.07, 6.45) is 1.52. The van der Waals surface area contributed by atoms with Crippen LogP contribution in [0.2, 0.25) is 0 Å². The van der Waals surface area contributed by atoms with Crippen molar-refractivity contribution >= 4 is 16.9 Å². The normalized spacial score (nSPS) is 25.6. The van der Waals surface area contributed by atoms with Crippen molar-refractivity contribution in [2.75, 3.05) is 11.5 Å². The van der Waals surface area contributed by atoms with E-state index in [4.69, 9.17) is 0 Å². The molecule has 0 radical (unpaired) electrons. The molecule has 5 nitrogen and oxygen atoms in total. The van der Waals surface area contributed by atoms with Crippen LogP contribution < -0.4 is 0 Å². The molecule has 0 bridgehead atoms. The lowest BCUT2D eigenvalue weighted by Gasteiger charge is -2.26. The maximum absolute atomic E-state index is 10.9. The third-order valence-electron chi connectivity index (χ3n) is 3.08. The Morgan fingerprint density at radius 1 is 1.50 bits per heavy atom. The minimum atomic E-state index is -2.42. The Kier molecular flexibility index (Phi) is 2.81. The maximum atomic E-state index is 10.9. The number of hydrogen-bond donors (Lipinski definition) is 2. The van der Waals surface area contributed by atoms with Gasteiger partial charge in [0.1, 0.15) is 0 Å². The van der Waals surface area contributed by atoms with Crippen LogP contribution in [0.5, 0.6) is 0 Å². The SMILES string of the molecule is Cc1nn(C2CCS(O)(O)C2)c(C)c1C=O. The highest BCUT2D eigenvalue weighted by Gasteiger charge is 2.31. The van der Waals surface area contributed by atoms with Gasteiger partial charge in [-0.25, -0.2) is 0 Å². The number of aryl methyl sites for hydroxylation is 1. The first-order valence-corrected chi connectivity index (χ1v) is 7.07. The summed E-state index contributed by atoms with van der Waals surface area (Å²) < 4.78 is 20.9. The number of rotatable bonds is 2. The van der Waals surface area contributed by atoms with Crippen molar-refractivity contribution in [1.29, 1.82) is 0 Å². The van der Waals surface area contributed by atoms with Crippen LogP contribution in [-0.4, -0.2) is 36.7 Å². The molecular weight excluding hydrogens is 228 g/mol. The second kappa shape index (κ2) is 3.87. The van der Waals surface area contributed by atoms with Gasteiger partial charge in [0.25, 0.3) is 0 Å². The van der Waals surface area contributed by atoms with Gasteiger partial charge in [-0.2, -0.15) is 15.7 Å². The molecule has 0 spiro atoms. The summed E-state index contributed by atoms with van der Waals surface area (Å²) in [5.41, 5.74) is 2.13. The predicted molar refractivity (Wildman–Crippen MR) is 63.3 cm³/mol. The monoisotopic (exact) mass is 244 g/mol. The number of nitrogens with zero attached hydrogens (tertiary/aromatic N) is 2. The van der Waals surface area contributed by atoms with E-state index in [0.717, 1.165) is 12.0 Å². The van der Waals surface area contributed by atoms with E-state index in [9.17, 15) is 13.9 Å². The third-order valence-corrected chi connectivity index (χ3v) is 4.89. The summed E-state index contributed by atoms with van der Waals surface area (Å²) in [4.78, 5) is 10.9. The van der Waals surface area contributed by atoms with Crippen LogP contribution in [0.3, 0.4) is 0 Å². The Labute approximate surface area is 95.8 Å². The average molecular weight is 244 g/mol. The molecular formula is C10H16N2O3S. The van der Waals surface area contributed by atoms with Crippen molar-refractivity contribution in [2.45, 2.75) is 26.3 Å². The number of carbonyl (C=O) groups excluding carboxylic acids is 1. The summed E-state index contributed by atoms with van der Waals surface area (Å²) in [6.45, 7) is 3.63. The molecule has 90 valence electrons. The zero-order valence-corrected chi connectivity index (χ0v) is 10.2. The van der Waals surface area contributed by atoms with Gasteiger partial charge in [-0.15, -0.1) is 0 Å². The average Bonchev–Trinajstić information content (AvgIpc) is 2.68. The standard InChI is InChI=1S/C10H16N2O3S/c1-7-10(5-13)8(2)12(11-7)9-3-4-16(14,15)6-9/h5,9,14-15H,3-4,6H2,1-2H3. The molecule has 1 unspecified atom stereocenters. The predicted octanol–water partition coefficient (Wildman–Crippen LogP) is 2.01. The molecule has 1 aliphatic heterocycles. The minimum Gasteiger partial charge on any atom is -0.299 e. The maximum Gasteiger partial charge on any atom is 0.153 e. The van der Waals surface area contributed by atoms with Gasteiger partial charge >= 0.3 is 0 Å². The van der Waals surface area contributed by atoms with Crippen molar-refractivity contribution in [3.63, 3.8) is 0 Å². The van der Waals surface area contributed by atoms with Crippen LogP contribution in [0, 0.1) is 13.8 Å². The van der Waals surface area contributed by atoms with E-state index < -0.39 is 10.6 Å². The van der Waals surface area contributed by atoms with Crippen molar-refractivity contribution < 1.29 is 13.9 Å². The fourth-order valence-corrected chi connectivity index (χ4v) is 3.93. The zero-order chi connectivity index (χ0) is 11.9. The van der Waals surface area contributed by atoms with Crippen LogP contribution in [0.15, 0.2) is 0 Å². The molecule has 0 amide bonds. The summed E-state index contributed by atoms with van der Waals surface area (Å²) >= 11 is 0. The smallest absolute Gasteiger partial charge is 0.153 e. The lowest BCUT2D eigenvalue weighted by atomic mass is 10.2. The highest BCUT2D eigenvalue weighted by Crippen LogP contribution is 2.50. The van der Waals surface area contributed by atoms with Crippen LogP contribution in [0.4, 0.5) is 0 Å². The summed E-state index contributed by atoms with van der Waals surface area (Å²) in [6, 6.07) is 0.0115. The molecule has 2 heterocycles. The first-order chi connectivity index (χ1) is 7.44. The largest absolute Gasteiger partial charge is 0.299 e. The Morgan fingerprint density at radius 2 is 2.19 bits per heavy atom. The van der Waals surface area contributed by atoms with Gasteiger partial charge in [0.05, 0.1) is 23.1 Å². The first kappa shape index (κ1) is 11.6. The second-order valence-corrected chi connectivity index (χ2v) is 6.61. The van der Waals surface area contributed by atoms with Crippen LogP contribution in [-0.2, 0) is 0 Å². The molecule has 1 aromatic rings. The second-order valence-electron chi connectivity index (χ2n) is 4.26. The molecule has 0 aromatic carbocycles. The van der Waals surface area contributed by atoms with E-state index in [2.05, 4.69) is 5.10 Å². The Balaban J connectivity index is 2.32. The molecule has 6 heteroatoms. The summed E-state index contributed by atoms with van der Waals surface area (Å²) in [5, 5.41) is 4.31. The molecule has 2 N–H and O–H groups in total. The van der Waals surface area contributed by atoms with E-state index in [-0.39, 0.29) is 6.04 Å². The molecule has 1 aromatic heterocycles. The van der Waals surface area contributed by atoms with Crippen LogP contribution >= 0.6 is 10.6 Å². The fourth-order valence-electron chi connectivity index (χ4n) is 2.19. The quantitative estimate of drug-likeness (QED) is 0.780. The molecule has 2 rings (SSSR count). The highest BCUT2D eigenvalue weighted by atomic mass is 32.3. The summed E-state index contributed by atoms with van der Waals surface area (Å²) in [7, 11) is -2.42. The van der Waals surface area contributed by atoms with E-state index in [0.29, 0.717) is 29.2 Å². The number of aromatic nitrogens is 2. The number of aldehydes is 1. The van der Waals surface area contributed by atoms with Gasteiger partial charge in [-0.1, -0.05) is 0 Å². The van der Waals surface area contributed by atoms with E-state index in [1.54, 1.807) is 11.6 Å². The fraction of sp³-hybridized carbons (Fsp3) is 0.600. The van der Waals surface area contributed by atoms with Crippen molar-refractivity contribution in [1.82, 2.24) is 9.78 Å². The molecule has 1 atom stereocenters. The van der Waals surface area contributed by atoms with Gasteiger partial charge in [0.15, 0.2) is 6.29 Å². The lowest BCUT2D eigenvalue weighted by Crippen LogP contribution is -2.13. The Bertz CT molecular complexity index is 428. The molecule has 1 aliphatic rings. The van der Waals surface area contributed by atoms with Gasteiger partial charge in [-0.05, 0) is 20.3 Å². The topological polar surface area (TPSA) is 75.3 Å². The third kappa shape index (κ3) is 1.88. The van der Waals surface area contributed by atoms with Gasteiger partial charge in [0.2, 0.25) is 0 Å². The van der Waals surface area contributed by atoms with Gasteiger partial charge < -0.3 is 0 Å². The minimum absolute atomic E-state index is 0.0115. The molecule has 1 fully saturated rings. The van der Waals surface area contributed by atoms with E-state index >= 15 is 0 Å². The lowest BCUT2D eigenvalue weighted by molar-refractivity contribution is 0.112. The zero-order valence-electron chi connectivity index (χ0n) is 9.38. The van der Waals surface area contributed by atoms with Crippen LogP contribution in [0.25, 0.3) is 0 Å². The molecule has 16 heavy (non-hydrogen) atoms. The van der Waals surface area contributed by atoms with E-state index in [1.165, 1.54) is 0 Å². The molecule has 0 aliphatic carbocycles. The van der Waals surface area contributed by atoms with Gasteiger partial charge in [-0.3, -0.25) is 18.6 Å². The summed E-state index contributed by atoms with van der Waals surface area (Å²) in [5.74, 6) is 0.791. The van der Waals surface area contributed by atoms with Gasteiger partial charge in [0, 0.05) is 11.4 Å². The molecule has 0 saturated carbocycles. The van der Waals surface area contributed by atoms with Crippen LogP contribution in [0.1, 0.15) is 34.2 Å². The number of hydrogen-bond acceptors (Lipinski definition) is 4. The highest BCUT2D eigenvalue weighted by molar-refractivity contribution is 8.24. The first-order valence-electron chi connectivity index (χ1n) is 5.19. The number of carbonyl (C=O) groups is 1. The Hall–Kier alpha value is -0.850.